The number of thiazole rings is 1. The van der Waals surface area contributed by atoms with Gasteiger partial charge in [0.1, 0.15) is 12.4 Å². The molecule has 0 N–H and O–H groups in total. The van der Waals surface area contributed by atoms with Crippen LogP contribution in [0.15, 0.2) is 71.7 Å². The fourth-order valence-electron chi connectivity index (χ4n) is 3.28. The highest BCUT2D eigenvalue weighted by atomic mass is 32.1. The third-order valence-electron chi connectivity index (χ3n) is 4.99. The lowest BCUT2D eigenvalue weighted by atomic mass is 9.78. The number of hydrogen-bond donors (Lipinski definition) is 0. The molecule has 0 fully saturated rings. The lowest BCUT2D eigenvalue weighted by molar-refractivity contribution is 0.301. The Kier molecular flexibility index (Phi) is 4.77. The highest BCUT2D eigenvalue weighted by Crippen LogP contribution is 2.32. The summed E-state index contributed by atoms with van der Waals surface area (Å²) in [4.78, 5) is 18.5. The van der Waals surface area contributed by atoms with E-state index in [1.165, 1.54) is 28.5 Å². The summed E-state index contributed by atoms with van der Waals surface area (Å²) in [5, 5.41) is 0. The topological polar surface area (TPSA) is 43.6 Å². The molecule has 0 radical (unpaired) electrons. The van der Waals surface area contributed by atoms with Gasteiger partial charge in [0.25, 0.3) is 5.56 Å². The summed E-state index contributed by atoms with van der Waals surface area (Å²) in [5.41, 5.74) is 2.97. The number of hydrogen-bond acceptors (Lipinski definition) is 4. The molecule has 0 bridgehead atoms. The second kappa shape index (κ2) is 7.24. The number of benzene rings is 2. The molecule has 28 heavy (non-hydrogen) atoms. The van der Waals surface area contributed by atoms with Crippen LogP contribution in [0.3, 0.4) is 0 Å². The quantitative estimate of drug-likeness (QED) is 0.483. The van der Waals surface area contributed by atoms with Gasteiger partial charge >= 0.3 is 0 Å². The number of aryl methyl sites for hydroxylation is 1. The molecule has 0 spiro atoms. The Bertz CT molecular complexity index is 1160. The second-order valence-corrected chi connectivity index (χ2v) is 8.60. The monoisotopic (exact) mass is 390 g/mol. The largest absolute Gasteiger partial charge is 0.487 e. The average molecular weight is 391 g/mol. The number of ether oxygens (including phenoxy) is 1. The van der Waals surface area contributed by atoms with E-state index in [1.54, 1.807) is 4.40 Å². The summed E-state index contributed by atoms with van der Waals surface area (Å²) in [6.07, 6.45) is 1.81. The third kappa shape index (κ3) is 3.58. The summed E-state index contributed by atoms with van der Waals surface area (Å²) in [6, 6.07) is 20.1. The van der Waals surface area contributed by atoms with Crippen molar-refractivity contribution in [3.05, 3.63) is 98.9 Å². The predicted molar refractivity (Wildman–Crippen MR) is 113 cm³/mol. The van der Waals surface area contributed by atoms with Crippen LogP contribution in [-0.4, -0.2) is 9.38 Å². The molecular weight excluding hydrogens is 368 g/mol. The van der Waals surface area contributed by atoms with E-state index in [4.69, 9.17) is 4.74 Å². The molecular formula is C23H22N2O2S. The van der Waals surface area contributed by atoms with Crippen LogP contribution in [0.25, 0.3) is 4.96 Å². The molecule has 4 nitrogen and oxygen atoms in total. The highest BCUT2D eigenvalue weighted by molar-refractivity contribution is 7.16. The summed E-state index contributed by atoms with van der Waals surface area (Å²) in [7, 11) is 0. The van der Waals surface area contributed by atoms with Crippen LogP contribution in [0.5, 0.6) is 5.75 Å². The van der Waals surface area contributed by atoms with Crippen LogP contribution in [0, 0.1) is 6.92 Å². The first kappa shape index (κ1) is 18.4. The molecule has 0 aliphatic carbocycles. The molecule has 4 rings (SSSR count). The Morgan fingerprint density at radius 1 is 1.04 bits per heavy atom. The Morgan fingerprint density at radius 3 is 2.43 bits per heavy atom. The van der Waals surface area contributed by atoms with Crippen molar-refractivity contribution in [3.63, 3.8) is 0 Å². The van der Waals surface area contributed by atoms with Gasteiger partial charge in [-0.2, -0.15) is 0 Å². The molecule has 0 unspecified atom stereocenters. The Balaban J connectivity index is 1.50. The van der Waals surface area contributed by atoms with Gasteiger partial charge in [0.15, 0.2) is 4.96 Å². The molecule has 5 heteroatoms. The van der Waals surface area contributed by atoms with Crippen molar-refractivity contribution >= 4 is 16.3 Å². The molecule has 0 amide bonds. The van der Waals surface area contributed by atoms with Crippen molar-refractivity contribution in [3.8, 4) is 5.75 Å². The number of nitrogens with zero attached hydrogens (tertiary/aromatic N) is 2. The van der Waals surface area contributed by atoms with Crippen LogP contribution in [0.1, 0.15) is 35.5 Å². The van der Waals surface area contributed by atoms with Crippen LogP contribution >= 0.6 is 11.3 Å². The van der Waals surface area contributed by atoms with Crippen LogP contribution < -0.4 is 10.3 Å². The molecule has 0 aliphatic heterocycles. The van der Waals surface area contributed by atoms with Gasteiger partial charge < -0.3 is 4.74 Å². The Morgan fingerprint density at radius 2 is 1.71 bits per heavy atom. The van der Waals surface area contributed by atoms with E-state index in [0.29, 0.717) is 10.7 Å². The van der Waals surface area contributed by atoms with Gasteiger partial charge in [-0.25, -0.2) is 4.98 Å². The van der Waals surface area contributed by atoms with Crippen molar-refractivity contribution in [1.29, 1.82) is 0 Å². The molecule has 0 atom stereocenters. The minimum Gasteiger partial charge on any atom is -0.487 e. The maximum Gasteiger partial charge on any atom is 0.258 e. The molecule has 0 saturated carbocycles. The number of fused-ring (bicyclic) bond motifs is 1. The fourth-order valence-corrected chi connectivity index (χ4v) is 4.13. The SMILES string of the molecule is Cc1cn2c(=O)cc(COc3ccc(C(C)(C)c4ccccc4)cc3)nc2s1. The zero-order chi connectivity index (χ0) is 19.7. The minimum absolute atomic E-state index is 0.0760. The van der Waals surface area contributed by atoms with E-state index in [-0.39, 0.29) is 17.6 Å². The molecule has 142 valence electrons. The van der Waals surface area contributed by atoms with Gasteiger partial charge in [-0.15, -0.1) is 11.3 Å². The average Bonchev–Trinajstić information content (AvgIpc) is 3.08. The lowest BCUT2D eigenvalue weighted by Crippen LogP contribution is -2.18. The van der Waals surface area contributed by atoms with E-state index in [0.717, 1.165) is 10.6 Å². The smallest absolute Gasteiger partial charge is 0.258 e. The highest BCUT2D eigenvalue weighted by Gasteiger charge is 2.22. The summed E-state index contributed by atoms with van der Waals surface area (Å²) in [6.45, 7) is 6.67. The third-order valence-corrected chi connectivity index (χ3v) is 5.89. The van der Waals surface area contributed by atoms with E-state index in [9.17, 15) is 4.79 Å². The fraction of sp³-hybridized carbons (Fsp3) is 0.217. The van der Waals surface area contributed by atoms with Gasteiger partial charge in [0.2, 0.25) is 0 Å². The van der Waals surface area contributed by atoms with Gasteiger partial charge in [-0.1, -0.05) is 56.3 Å². The summed E-state index contributed by atoms with van der Waals surface area (Å²) < 4.78 is 7.44. The van der Waals surface area contributed by atoms with E-state index >= 15 is 0 Å². The van der Waals surface area contributed by atoms with Crippen molar-refractivity contribution in [1.82, 2.24) is 9.38 Å². The molecule has 2 aromatic heterocycles. The van der Waals surface area contributed by atoms with Crippen LogP contribution in [0.2, 0.25) is 0 Å². The first-order valence-corrected chi connectivity index (χ1v) is 10.0. The first-order chi connectivity index (χ1) is 13.4. The summed E-state index contributed by atoms with van der Waals surface area (Å²) >= 11 is 1.50. The number of rotatable bonds is 5. The van der Waals surface area contributed by atoms with Gasteiger partial charge in [0.05, 0.1) is 5.69 Å². The van der Waals surface area contributed by atoms with Gasteiger partial charge in [-0.05, 0) is 30.2 Å². The van der Waals surface area contributed by atoms with E-state index in [1.807, 2.05) is 31.3 Å². The number of aromatic nitrogens is 2. The van der Waals surface area contributed by atoms with E-state index < -0.39 is 0 Å². The normalized spacial score (nSPS) is 11.7. The molecule has 2 aromatic carbocycles. The van der Waals surface area contributed by atoms with Crippen LogP contribution in [0.4, 0.5) is 0 Å². The minimum atomic E-state index is -0.0852. The molecule has 2 heterocycles. The van der Waals surface area contributed by atoms with Crippen molar-refractivity contribution in [2.75, 3.05) is 0 Å². The molecule has 4 aromatic rings. The zero-order valence-electron chi connectivity index (χ0n) is 16.2. The van der Waals surface area contributed by atoms with Gasteiger partial charge in [0, 0.05) is 22.6 Å². The first-order valence-electron chi connectivity index (χ1n) is 9.21. The summed E-state index contributed by atoms with van der Waals surface area (Å²) in [5.74, 6) is 0.761. The predicted octanol–water partition coefficient (Wildman–Crippen LogP) is 4.97. The second-order valence-electron chi connectivity index (χ2n) is 7.38. The molecule has 0 aliphatic rings. The maximum absolute atomic E-state index is 12.2. The Hall–Kier alpha value is -2.92. The van der Waals surface area contributed by atoms with Crippen molar-refractivity contribution in [2.24, 2.45) is 0 Å². The lowest BCUT2D eigenvalue weighted by Gasteiger charge is -2.26. The zero-order valence-corrected chi connectivity index (χ0v) is 17.0. The van der Waals surface area contributed by atoms with Crippen molar-refractivity contribution in [2.45, 2.75) is 32.8 Å². The van der Waals surface area contributed by atoms with E-state index in [2.05, 4.69) is 55.2 Å². The maximum atomic E-state index is 12.2. The Labute approximate surface area is 168 Å². The van der Waals surface area contributed by atoms with Gasteiger partial charge in [-0.3, -0.25) is 9.20 Å². The van der Waals surface area contributed by atoms with Crippen molar-refractivity contribution < 1.29 is 4.74 Å². The van der Waals surface area contributed by atoms with Crippen LogP contribution in [-0.2, 0) is 12.0 Å². The molecule has 0 saturated heterocycles. The standard InChI is InChI=1S/C23H22N2O2S/c1-16-14-25-21(26)13-19(24-22(25)28-16)15-27-20-11-9-18(10-12-20)23(2,3)17-7-5-4-6-8-17/h4-14H,15H2,1-3H3.